The van der Waals surface area contributed by atoms with Gasteiger partial charge in [0.05, 0.1) is 28.2 Å². The van der Waals surface area contributed by atoms with E-state index >= 15 is 0 Å². The van der Waals surface area contributed by atoms with Crippen molar-refractivity contribution < 1.29 is 17.9 Å². The highest BCUT2D eigenvalue weighted by atomic mass is 32.2. The van der Waals surface area contributed by atoms with E-state index in [1.807, 2.05) is 16.2 Å². The van der Waals surface area contributed by atoms with Crippen LogP contribution < -0.4 is 4.72 Å². The third-order valence-corrected chi connectivity index (χ3v) is 7.28. The zero-order valence-electron chi connectivity index (χ0n) is 15.3. The largest absolute Gasteiger partial charge is 0.441 e. The number of hydrogen-bond donors (Lipinski definition) is 1. The second kappa shape index (κ2) is 6.41. The number of imidazole rings is 1. The summed E-state index contributed by atoms with van der Waals surface area (Å²) in [4.78, 5) is 21.0. The van der Waals surface area contributed by atoms with Gasteiger partial charge < -0.3 is 9.30 Å². The topological polar surface area (TPSA) is 103 Å². The average Bonchev–Trinajstić information content (AvgIpc) is 3.38. The molecule has 2 saturated carbocycles. The Bertz CT molecular complexity index is 1180. The van der Waals surface area contributed by atoms with Crippen molar-refractivity contribution in [2.24, 2.45) is 11.8 Å². The molecular formula is C18H20N4O4S2. The molecule has 3 atom stereocenters. The first-order chi connectivity index (χ1) is 13.4. The van der Waals surface area contributed by atoms with E-state index < -0.39 is 16.1 Å². The molecule has 0 spiro atoms. The van der Waals surface area contributed by atoms with Gasteiger partial charge in [-0.25, -0.2) is 22.9 Å². The zero-order chi connectivity index (χ0) is 19.5. The van der Waals surface area contributed by atoms with Gasteiger partial charge in [-0.05, 0) is 42.5 Å². The number of hydrogen-bond acceptors (Lipinski definition) is 7. The molecule has 3 aromatic heterocycles. The molecule has 2 aliphatic rings. The first-order valence-corrected chi connectivity index (χ1v) is 12.0. The van der Waals surface area contributed by atoms with E-state index in [-0.39, 0.29) is 6.61 Å². The van der Waals surface area contributed by atoms with Gasteiger partial charge in [0.25, 0.3) is 0 Å². The van der Waals surface area contributed by atoms with Crippen LogP contribution in [0.3, 0.4) is 0 Å². The third kappa shape index (κ3) is 3.04. The minimum atomic E-state index is -3.67. The Labute approximate surface area is 166 Å². The first-order valence-electron chi connectivity index (χ1n) is 9.26. The van der Waals surface area contributed by atoms with E-state index in [4.69, 9.17) is 9.72 Å². The molecule has 3 heterocycles. The molecule has 0 aliphatic heterocycles. The van der Waals surface area contributed by atoms with Gasteiger partial charge in [-0.1, -0.05) is 6.42 Å². The van der Waals surface area contributed by atoms with Gasteiger partial charge in [-0.2, -0.15) is 0 Å². The number of sulfonamides is 1. The maximum Gasteiger partial charge on any atom is 0.421 e. The molecule has 0 radical (unpaired) electrons. The number of nitrogens with zero attached hydrogens (tertiary/aromatic N) is 3. The van der Waals surface area contributed by atoms with Crippen molar-refractivity contribution in [3.8, 4) is 0 Å². The molecule has 148 valence electrons. The number of pyridine rings is 1. The summed E-state index contributed by atoms with van der Waals surface area (Å²) in [6.45, 7) is -0.0865. The van der Waals surface area contributed by atoms with E-state index in [0.717, 1.165) is 39.8 Å². The zero-order valence-corrected chi connectivity index (χ0v) is 16.9. The SMILES string of the molecule is CS(=O)(=O)NC(=O)OCc1nc2cnc3ccsc3c2n1[C@H]1CC2CCC1C2. The highest BCUT2D eigenvalue weighted by Crippen LogP contribution is 2.52. The minimum absolute atomic E-state index is 0.0865. The van der Waals surface area contributed by atoms with Crippen LogP contribution in [-0.2, 0) is 21.4 Å². The Kier molecular flexibility index (Phi) is 4.09. The molecular weight excluding hydrogens is 400 g/mol. The lowest BCUT2D eigenvalue weighted by Gasteiger charge is -2.25. The summed E-state index contributed by atoms with van der Waals surface area (Å²) in [7, 11) is -3.67. The van der Waals surface area contributed by atoms with Crippen LogP contribution in [-0.4, -0.2) is 35.3 Å². The standard InChI is InChI=1S/C18H20N4O4S2/c1-28(24,25)21-18(23)26-9-15-20-13-8-19-12-4-5-27-17(12)16(13)22(15)14-7-10-2-3-11(14)6-10/h4-5,8,10-11,14H,2-3,6-7,9H2,1H3,(H,21,23)/t10?,11?,14-/m0/s1. The van der Waals surface area contributed by atoms with Gasteiger partial charge in [0.2, 0.25) is 10.0 Å². The molecule has 8 nitrogen and oxygen atoms in total. The number of nitrogens with one attached hydrogen (secondary N) is 1. The first kappa shape index (κ1) is 17.9. The molecule has 2 aliphatic carbocycles. The Hall–Kier alpha value is -2.20. The Morgan fingerprint density at radius 2 is 2.21 bits per heavy atom. The van der Waals surface area contributed by atoms with Gasteiger partial charge in [-0.3, -0.25) is 4.98 Å². The summed E-state index contributed by atoms with van der Waals surface area (Å²) < 4.78 is 32.8. The van der Waals surface area contributed by atoms with Crippen LogP contribution in [0.15, 0.2) is 17.6 Å². The Morgan fingerprint density at radius 3 is 2.93 bits per heavy atom. The Morgan fingerprint density at radius 1 is 1.36 bits per heavy atom. The van der Waals surface area contributed by atoms with Gasteiger partial charge >= 0.3 is 6.09 Å². The summed E-state index contributed by atoms with van der Waals surface area (Å²) in [6.07, 6.45) is 6.51. The molecule has 2 bridgehead atoms. The lowest BCUT2D eigenvalue weighted by atomic mass is 9.95. The maximum absolute atomic E-state index is 11.8. The normalized spacial score (nSPS) is 24.2. The molecule has 28 heavy (non-hydrogen) atoms. The maximum atomic E-state index is 11.8. The summed E-state index contributed by atoms with van der Waals surface area (Å²) in [6, 6.07) is 2.32. The van der Waals surface area contributed by atoms with E-state index in [9.17, 15) is 13.2 Å². The number of fused-ring (bicyclic) bond motifs is 5. The van der Waals surface area contributed by atoms with Crippen LogP contribution in [0.4, 0.5) is 4.79 Å². The molecule has 1 N–H and O–H groups in total. The lowest BCUT2D eigenvalue weighted by Crippen LogP contribution is -2.30. The average molecular weight is 421 g/mol. The minimum Gasteiger partial charge on any atom is -0.441 e. The predicted octanol–water partition coefficient (Wildman–Crippen LogP) is 3.19. The van der Waals surface area contributed by atoms with Crippen LogP contribution in [0.2, 0.25) is 0 Å². The molecule has 5 rings (SSSR count). The number of carbonyl (C=O) groups is 1. The van der Waals surface area contributed by atoms with E-state index in [0.29, 0.717) is 17.8 Å². The number of thiophene rings is 1. The van der Waals surface area contributed by atoms with Crippen LogP contribution in [0.5, 0.6) is 0 Å². The third-order valence-electron chi connectivity index (χ3n) is 5.83. The molecule has 0 saturated heterocycles. The van der Waals surface area contributed by atoms with Crippen LogP contribution in [0.25, 0.3) is 21.3 Å². The van der Waals surface area contributed by atoms with Crippen molar-refractivity contribution in [2.75, 3.05) is 6.26 Å². The van der Waals surface area contributed by atoms with Gasteiger partial charge in [-0.15, -0.1) is 11.3 Å². The second-order valence-corrected chi connectivity index (χ2v) is 10.4. The van der Waals surface area contributed by atoms with Crippen LogP contribution in [0.1, 0.15) is 37.5 Å². The van der Waals surface area contributed by atoms with Crippen molar-refractivity contribution in [3.63, 3.8) is 0 Å². The van der Waals surface area contributed by atoms with Gasteiger partial charge in [0, 0.05) is 6.04 Å². The quantitative estimate of drug-likeness (QED) is 0.695. The second-order valence-electron chi connectivity index (χ2n) is 7.72. The van der Waals surface area contributed by atoms with E-state index in [1.54, 1.807) is 17.5 Å². The van der Waals surface area contributed by atoms with E-state index in [2.05, 4.69) is 9.55 Å². The highest BCUT2D eigenvalue weighted by molar-refractivity contribution is 7.89. The molecule has 1 amide bonds. The fourth-order valence-corrected chi connectivity index (χ4v) is 6.07. The number of amides is 1. The fraction of sp³-hybridized carbons (Fsp3) is 0.500. The molecule has 2 unspecified atom stereocenters. The lowest BCUT2D eigenvalue weighted by molar-refractivity contribution is 0.140. The number of rotatable bonds is 4. The van der Waals surface area contributed by atoms with Crippen molar-refractivity contribution >= 4 is 48.7 Å². The monoisotopic (exact) mass is 420 g/mol. The summed E-state index contributed by atoms with van der Waals surface area (Å²) in [5.41, 5.74) is 2.75. The van der Waals surface area contributed by atoms with Crippen molar-refractivity contribution in [3.05, 3.63) is 23.5 Å². The summed E-state index contributed by atoms with van der Waals surface area (Å²) >= 11 is 1.63. The summed E-state index contributed by atoms with van der Waals surface area (Å²) in [5.74, 6) is 1.99. The van der Waals surface area contributed by atoms with Crippen LogP contribution in [0, 0.1) is 11.8 Å². The number of ether oxygens (including phenoxy) is 1. The highest BCUT2D eigenvalue weighted by Gasteiger charge is 2.42. The molecule has 3 aromatic rings. The fourth-order valence-electron chi connectivity index (χ4n) is 4.82. The van der Waals surface area contributed by atoms with Crippen molar-refractivity contribution in [2.45, 2.75) is 38.3 Å². The molecule has 0 aromatic carbocycles. The van der Waals surface area contributed by atoms with Crippen LogP contribution >= 0.6 is 11.3 Å². The summed E-state index contributed by atoms with van der Waals surface area (Å²) in [5, 5.41) is 2.02. The number of aromatic nitrogens is 3. The van der Waals surface area contributed by atoms with Gasteiger partial charge in [0.1, 0.15) is 11.3 Å². The Balaban J connectivity index is 1.56. The van der Waals surface area contributed by atoms with Crippen molar-refractivity contribution in [1.29, 1.82) is 0 Å². The van der Waals surface area contributed by atoms with Crippen molar-refractivity contribution in [1.82, 2.24) is 19.3 Å². The van der Waals surface area contributed by atoms with Gasteiger partial charge in [0.15, 0.2) is 6.61 Å². The molecule has 10 heteroatoms. The molecule has 2 fully saturated rings. The smallest absolute Gasteiger partial charge is 0.421 e. The van der Waals surface area contributed by atoms with E-state index in [1.165, 1.54) is 19.3 Å². The number of carbonyl (C=O) groups excluding carboxylic acids is 1. The predicted molar refractivity (Wildman–Crippen MR) is 106 cm³/mol.